The van der Waals surface area contributed by atoms with E-state index in [9.17, 15) is 18.0 Å². The van der Waals surface area contributed by atoms with Gasteiger partial charge in [-0.3, -0.25) is 4.79 Å². The van der Waals surface area contributed by atoms with Crippen LogP contribution in [0.25, 0.3) is 0 Å². The van der Waals surface area contributed by atoms with Crippen LogP contribution in [0.3, 0.4) is 0 Å². The quantitative estimate of drug-likeness (QED) is 0.592. The fourth-order valence-corrected chi connectivity index (χ4v) is 4.76. The minimum atomic E-state index is -3.44. The summed E-state index contributed by atoms with van der Waals surface area (Å²) in [5.74, 6) is -0.974. The van der Waals surface area contributed by atoms with E-state index in [1.807, 2.05) is 6.07 Å². The number of halogens is 1. The van der Waals surface area contributed by atoms with E-state index in [1.165, 1.54) is 9.21 Å². The Balaban J connectivity index is 1.47. The molecule has 3 rings (SSSR count). The number of sulfonamides is 1. The Morgan fingerprint density at radius 3 is 2.17 bits per heavy atom. The van der Waals surface area contributed by atoms with Crippen molar-refractivity contribution < 1.29 is 22.7 Å². The van der Waals surface area contributed by atoms with Gasteiger partial charge in [-0.1, -0.05) is 46.3 Å². The van der Waals surface area contributed by atoms with E-state index in [-0.39, 0.29) is 44.4 Å². The predicted octanol–water partition coefficient (Wildman–Crippen LogP) is 2.28. The van der Waals surface area contributed by atoms with Crippen LogP contribution in [-0.4, -0.2) is 62.3 Å². The molecule has 0 unspecified atom stereocenters. The molecule has 7 nitrogen and oxygen atoms in total. The largest absolute Gasteiger partial charge is 0.452 e. The maximum atomic E-state index is 12.6. The van der Waals surface area contributed by atoms with E-state index in [1.54, 1.807) is 48.5 Å². The number of piperazine rings is 1. The van der Waals surface area contributed by atoms with Crippen molar-refractivity contribution in [1.82, 2.24) is 9.21 Å². The van der Waals surface area contributed by atoms with Gasteiger partial charge in [0.1, 0.15) is 0 Å². The highest BCUT2D eigenvalue weighted by Gasteiger charge is 2.29. The second-order valence-corrected chi connectivity index (χ2v) is 9.49. The fraction of sp³-hybridized carbons (Fsp3) is 0.300. The SMILES string of the molecule is O=C(OCC(=O)N1CCN(S(=O)(=O)Cc2ccccc2)CC1)c1ccc(Br)cc1. The van der Waals surface area contributed by atoms with Gasteiger partial charge in [0.25, 0.3) is 5.91 Å². The predicted molar refractivity (Wildman–Crippen MR) is 112 cm³/mol. The van der Waals surface area contributed by atoms with Crippen molar-refractivity contribution in [2.75, 3.05) is 32.8 Å². The molecule has 1 saturated heterocycles. The molecule has 1 aliphatic rings. The Hall–Kier alpha value is -2.23. The number of hydrogen-bond donors (Lipinski definition) is 0. The van der Waals surface area contributed by atoms with Crippen LogP contribution in [-0.2, 0) is 25.3 Å². The first kappa shape index (κ1) is 21.5. The molecule has 2 aromatic carbocycles. The highest BCUT2D eigenvalue weighted by Crippen LogP contribution is 2.14. The minimum absolute atomic E-state index is 0.0629. The smallest absolute Gasteiger partial charge is 0.338 e. The molecule has 1 heterocycles. The first-order valence-electron chi connectivity index (χ1n) is 9.07. The second-order valence-electron chi connectivity index (χ2n) is 6.60. The molecule has 0 N–H and O–H groups in total. The van der Waals surface area contributed by atoms with E-state index in [2.05, 4.69) is 15.9 Å². The molecule has 0 aliphatic carbocycles. The first-order chi connectivity index (χ1) is 13.8. The van der Waals surface area contributed by atoms with Gasteiger partial charge in [0.15, 0.2) is 6.61 Å². The van der Waals surface area contributed by atoms with Crippen LogP contribution >= 0.6 is 15.9 Å². The van der Waals surface area contributed by atoms with Crippen LogP contribution in [0.5, 0.6) is 0 Å². The summed E-state index contributed by atoms with van der Waals surface area (Å²) < 4.78 is 32.5. The molecule has 0 bridgehead atoms. The van der Waals surface area contributed by atoms with Gasteiger partial charge >= 0.3 is 5.97 Å². The van der Waals surface area contributed by atoms with Gasteiger partial charge in [0.05, 0.1) is 11.3 Å². The van der Waals surface area contributed by atoms with Crippen LogP contribution in [0.1, 0.15) is 15.9 Å². The molecule has 0 aromatic heterocycles. The zero-order valence-corrected chi connectivity index (χ0v) is 18.1. The molecule has 0 atom stereocenters. The third-order valence-corrected chi connectivity index (χ3v) is 6.96. The Morgan fingerprint density at radius 1 is 0.931 bits per heavy atom. The Kier molecular flexibility index (Phi) is 7.05. The molecule has 154 valence electrons. The monoisotopic (exact) mass is 480 g/mol. The summed E-state index contributed by atoms with van der Waals surface area (Å²) in [7, 11) is -3.44. The standard InChI is InChI=1S/C20H21BrN2O5S/c21-18-8-6-17(7-9-18)20(25)28-14-19(24)22-10-12-23(13-11-22)29(26,27)15-16-4-2-1-3-5-16/h1-9H,10-15H2. The number of carbonyl (C=O) groups excluding carboxylic acids is 2. The van der Waals surface area contributed by atoms with Crippen molar-refractivity contribution in [2.45, 2.75) is 5.75 Å². The van der Waals surface area contributed by atoms with Crippen molar-refractivity contribution in [3.05, 3.63) is 70.2 Å². The lowest BCUT2D eigenvalue weighted by atomic mass is 10.2. The van der Waals surface area contributed by atoms with Gasteiger partial charge in [0.2, 0.25) is 10.0 Å². The van der Waals surface area contributed by atoms with Gasteiger partial charge in [0, 0.05) is 30.7 Å². The number of hydrogen-bond acceptors (Lipinski definition) is 5. The summed E-state index contributed by atoms with van der Waals surface area (Å²) in [6.07, 6.45) is 0. The van der Waals surface area contributed by atoms with Crippen molar-refractivity contribution in [3.63, 3.8) is 0 Å². The number of esters is 1. The van der Waals surface area contributed by atoms with Gasteiger partial charge in [-0.25, -0.2) is 13.2 Å². The summed E-state index contributed by atoms with van der Waals surface area (Å²) in [6, 6.07) is 15.6. The van der Waals surface area contributed by atoms with Crippen molar-refractivity contribution in [2.24, 2.45) is 0 Å². The van der Waals surface area contributed by atoms with E-state index in [0.717, 1.165) is 10.0 Å². The molecular formula is C20H21BrN2O5S. The molecule has 0 spiro atoms. The molecular weight excluding hydrogens is 460 g/mol. The summed E-state index contributed by atoms with van der Waals surface area (Å²) in [5, 5.41) is 0. The summed E-state index contributed by atoms with van der Waals surface area (Å²) in [6.45, 7) is 0.611. The molecule has 29 heavy (non-hydrogen) atoms. The zero-order valence-electron chi connectivity index (χ0n) is 15.7. The van der Waals surface area contributed by atoms with E-state index in [4.69, 9.17) is 4.74 Å². The second kappa shape index (κ2) is 9.51. The minimum Gasteiger partial charge on any atom is -0.452 e. The lowest BCUT2D eigenvalue weighted by Crippen LogP contribution is -2.51. The Labute approximate surface area is 178 Å². The number of amides is 1. The van der Waals surface area contributed by atoms with Gasteiger partial charge in [-0.15, -0.1) is 0 Å². The first-order valence-corrected chi connectivity index (χ1v) is 11.5. The number of ether oxygens (including phenoxy) is 1. The van der Waals surface area contributed by atoms with E-state index >= 15 is 0 Å². The highest BCUT2D eigenvalue weighted by molar-refractivity contribution is 9.10. The third kappa shape index (κ3) is 5.88. The van der Waals surface area contributed by atoms with Crippen molar-refractivity contribution >= 4 is 37.8 Å². The Bertz CT molecular complexity index is 956. The van der Waals surface area contributed by atoms with E-state index < -0.39 is 16.0 Å². The van der Waals surface area contributed by atoms with Gasteiger partial charge in [-0.2, -0.15) is 4.31 Å². The average Bonchev–Trinajstić information content (AvgIpc) is 2.73. The van der Waals surface area contributed by atoms with Crippen LogP contribution in [0.15, 0.2) is 59.1 Å². The molecule has 1 amide bonds. The molecule has 2 aromatic rings. The van der Waals surface area contributed by atoms with Crippen LogP contribution < -0.4 is 0 Å². The molecule has 0 radical (unpaired) electrons. The summed E-state index contributed by atoms with van der Waals surface area (Å²) >= 11 is 3.29. The maximum absolute atomic E-state index is 12.6. The summed E-state index contributed by atoms with van der Waals surface area (Å²) in [5.41, 5.74) is 1.09. The number of rotatable bonds is 6. The highest BCUT2D eigenvalue weighted by atomic mass is 79.9. The van der Waals surface area contributed by atoms with Crippen LogP contribution in [0.4, 0.5) is 0 Å². The Morgan fingerprint density at radius 2 is 1.55 bits per heavy atom. The number of nitrogens with zero attached hydrogens (tertiary/aromatic N) is 2. The average molecular weight is 481 g/mol. The summed E-state index contributed by atoms with van der Waals surface area (Å²) in [4.78, 5) is 25.8. The van der Waals surface area contributed by atoms with Crippen LogP contribution in [0.2, 0.25) is 0 Å². The molecule has 9 heteroatoms. The fourth-order valence-electron chi connectivity index (χ4n) is 2.98. The lowest BCUT2D eigenvalue weighted by Gasteiger charge is -2.33. The zero-order chi connectivity index (χ0) is 20.9. The molecule has 0 saturated carbocycles. The molecule has 1 aliphatic heterocycles. The maximum Gasteiger partial charge on any atom is 0.338 e. The number of benzene rings is 2. The third-order valence-electron chi connectivity index (χ3n) is 4.58. The lowest BCUT2D eigenvalue weighted by molar-refractivity contribution is -0.135. The van der Waals surface area contributed by atoms with Gasteiger partial charge < -0.3 is 9.64 Å². The normalized spacial score (nSPS) is 15.1. The number of carbonyl (C=O) groups is 2. The van der Waals surface area contributed by atoms with Crippen molar-refractivity contribution in [1.29, 1.82) is 0 Å². The van der Waals surface area contributed by atoms with Crippen molar-refractivity contribution in [3.8, 4) is 0 Å². The van der Waals surface area contributed by atoms with Crippen LogP contribution in [0, 0.1) is 0 Å². The molecule has 1 fully saturated rings. The topological polar surface area (TPSA) is 84.0 Å². The van der Waals surface area contributed by atoms with E-state index in [0.29, 0.717) is 5.56 Å². The van der Waals surface area contributed by atoms with Gasteiger partial charge in [-0.05, 0) is 29.8 Å².